The Hall–Kier alpha value is 0.223. The number of hydrogen-bond acceptors (Lipinski definition) is 3. The van der Waals surface area contributed by atoms with Crippen LogP contribution in [-0.4, -0.2) is 59.5 Å². The molecule has 0 unspecified atom stereocenters. The minimum Gasteiger partial charge on any atom is 0 e. The number of halogens is 6. The average molecular weight is 592 g/mol. The monoisotopic (exact) mass is 595 g/mol. The normalized spacial score (nSPS) is 10.2. The van der Waals surface area contributed by atoms with Crippen LogP contribution in [0.5, 0.6) is 0 Å². The Balaban J connectivity index is -0.000000169. The Kier molecular flexibility index (Phi) is 24.0. The fourth-order valence-corrected chi connectivity index (χ4v) is 4.78. The molecule has 1 aromatic carbocycles. The average Bonchev–Trinajstić information content (AvgIpc) is 2.81. The molecule has 0 aliphatic heterocycles. The Morgan fingerprint density at radius 2 is 0.958 bits per heavy atom. The van der Waals surface area contributed by atoms with E-state index in [4.69, 9.17) is 15.3 Å². The van der Waals surface area contributed by atoms with Crippen LogP contribution >= 0.6 is 0 Å². The maximum Gasteiger partial charge on any atom is 0 e. The van der Waals surface area contributed by atoms with Gasteiger partial charge in [-0.25, -0.2) is 0 Å². The molecule has 3 N–H and O–H groups in total. The Bertz CT molecular complexity index is 326. The van der Waals surface area contributed by atoms with Crippen molar-refractivity contribution in [2.45, 2.75) is 30.8 Å². The van der Waals surface area contributed by atoms with Crippen LogP contribution in [0.25, 0.3) is 0 Å². The zero-order valence-corrected chi connectivity index (χ0v) is 19.6. The van der Waals surface area contributed by atoms with Crippen LogP contribution in [0.1, 0.15) is 20.8 Å². The van der Waals surface area contributed by atoms with Crippen molar-refractivity contribution >= 4 is 18.7 Å². The summed E-state index contributed by atoms with van der Waals surface area (Å²) < 4.78 is 72.3. The number of alkyl halides is 6. The third-order valence-electron chi connectivity index (χ3n) is 1.68. The van der Waals surface area contributed by atoms with Crippen molar-refractivity contribution in [2.75, 3.05) is 19.8 Å². The van der Waals surface area contributed by atoms with E-state index in [1.54, 1.807) is 20.8 Å². The van der Waals surface area contributed by atoms with E-state index in [1.165, 1.54) is 12.1 Å². The standard InChI is InChI=1S/C7H5F6Ge.3C2H6O.Hf/c8-6(9,10)14(7(11,12)13)5-3-1-2-4-5;3*1-2-3;/h1-4,14H;3*3H,2H2,1H3;/q-1;;;;. The Morgan fingerprint density at radius 1 is 0.750 bits per heavy atom. The molecule has 0 spiro atoms. The number of hydrogen-bond donors (Lipinski definition) is 3. The molecule has 0 saturated heterocycles. The predicted octanol–water partition coefficient (Wildman–Crippen LogP) is 2.04. The van der Waals surface area contributed by atoms with Crippen molar-refractivity contribution in [3.05, 3.63) is 24.3 Å². The summed E-state index contributed by atoms with van der Waals surface area (Å²) in [6.07, 6.45) is 0. The van der Waals surface area contributed by atoms with Crippen LogP contribution in [0.15, 0.2) is 24.3 Å². The largest absolute Gasteiger partial charge is 0 e. The Morgan fingerprint density at radius 3 is 1.12 bits per heavy atom. The molecule has 0 bridgehead atoms. The smallest absolute Gasteiger partial charge is 0 e. The number of aliphatic hydroxyl groups is 3. The molecule has 0 fully saturated rings. The van der Waals surface area contributed by atoms with Gasteiger partial charge >= 0.3 is 79.4 Å². The second-order valence-electron chi connectivity index (χ2n) is 3.68. The fraction of sp³-hybridized carbons (Fsp3) is 0.615. The van der Waals surface area contributed by atoms with Gasteiger partial charge in [0.25, 0.3) is 0 Å². The first kappa shape index (κ1) is 31.9. The van der Waals surface area contributed by atoms with Crippen LogP contribution in [-0.2, 0) is 25.8 Å². The van der Waals surface area contributed by atoms with E-state index in [9.17, 15) is 26.3 Å². The zero-order chi connectivity index (χ0) is 19.1. The van der Waals surface area contributed by atoms with Crippen molar-refractivity contribution in [3.8, 4) is 0 Å². The van der Waals surface area contributed by atoms with Crippen LogP contribution in [0.4, 0.5) is 26.3 Å². The molecule has 0 heterocycles. The van der Waals surface area contributed by atoms with Crippen molar-refractivity contribution in [1.82, 2.24) is 0 Å². The van der Waals surface area contributed by atoms with Gasteiger partial charge in [-0.1, -0.05) is 0 Å². The van der Waals surface area contributed by atoms with E-state index >= 15 is 0 Å². The molecule has 0 aromatic heterocycles. The number of aliphatic hydroxyl groups excluding tert-OH is 3. The van der Waals surface area contributed by atoms with Crippen LogP contribution in [0, 0.1) is 0 Å². The molecule has 0 radical (unpaired) electrons. The molecule has 0 atom stereocenters. The van der Waals surface area contributed by atoms with Gasteiger partial charge in [0.1, 0.15) is 0 Å². The van der Waals surface area contributed by atoms with Gasteiger partial charge in [0.15, 0.2) is 0 Å². The van der Waals surface area contributed by atoms with E-state index in [0.717, 1.165) is 12.1 Å². The van der Waals surface area contributed by atoms with E-state index in [1.807, 2.05) is 0 Å². The van der Waals surface area contributed by atoms with E-state index in [-0.39, 0.29) is 45.7 Å². The van der Waals surface area contributed by atoms with Crippen LogP contribution < -0.4 is 4.40 Å². The van der Waals surface area contributed by atoms with Gasteiger partial charge < -0.3 is 15.3 Å². The molecular weight excluding hydrogens is 569 g/mol. The third-order valence-corrected chi connectivity index (χ3v) is 6.63. The first-order chi connectivity index (χ1) is 10.5. The summed E-state index contributed by atoms with van der Waals surface area (Å²) in [5.74, 6) is 0. The van der Waals surface area contributed by atoms with Crippen molar-refractivity contribution in [2.24, 2.45) is 0 Å². The summed E-state index contributed by atoms with van der Waals surface area (Å²) in [6, 6.07) is 4.16. The summed E-state index contributed by atoms with van der Waals surface area (Å²) in [6.45, 7) is 5.79. The topological polar surface area (TPSA) is 60.7 Å². The molecule has 0 aliphatic rings. The minimum absolute atomic E-state index is 0. The molecular formula is C13H23F6GeHfO3-. The summed E-state index contributed by atoms with van der Waals surface area (Å²) in [5.41, 5.74) is 0. The van der Waals surface area contributed by atoms with Crippen LogP contribution in [0.3, 0.4) is 0 Å². The summed E-state index contributed by atoms with van der Waals surface area (Å²) in [5, 5.41) is 12.5. The van der Waals surface area contributed by atoms with Gasteiger partial charge in [0.05, 0.1) is 0 Å². The number of rotatable bonds is 1. The van der Waals surface area contributed by atoms with Crippen molar-refractivity contribution in [3.63, 3.8) is 0 Å². The zero-order valence-electron chi connectivity index (χ0n) is 13.6. The van der Waals surface area contributed by atoms with Crippen molar-refractivity contribution in [1.29, 1.82) is 0 Å². The minimum atomic E-state index is -5.46. The van der Waals surface area contributed by atoms with Gasteiger partial charge in [0, 0.05) is 45.7 Å². The molecule has 0 amide bonds. The quantitative estimate of drug-likeness (QED) is 0.266. The fourth-order valence-electron chi connectivity index (χ4n) is 1.14. The second-order valence-corrected chi connectivity index (χ2v) is 9.65. The van der Waals surface area contributed by atoms with Gasteiger partial charge in [0.2, 0.25) is 0 Å². The molecule has 24 heavy (non-hydrogen) atoms. The van der Waals surface area contributed by atoms with Crippen LogP contribution in [0.2, 0.25) is 0 Å². The summed E-state index contributed by atoms with van der Waals surface area (Å²) in [4.78, 5) is 0. The second kappa shape index (κ2) is 18.0. The van der Waals surface area contributed by atoms with E-state index < -0.39 is 28.8 Å². The summed E-state index contributed by atoms with van der Waals surface area (Å²) in [7, 11) is 0. The molecule has 1 rings (SSSR count). The third kappa shape index (κ3) is 18.6. The van der Waals surface area contributed by atoms with Crippen molar-refractivity contribution < 1.29 is 67.5 Å². The molecule has 3 nitrogen and oxygen atoms in total. The summed E-state index contributed by atoms with van der Waals surface area (Å²) >= 11 is -5.46. The predicted molar refractivity (Wildman–Crippen MR) is 79.2 cm³/mol. The molecule has 1 aromatic rings. The first-order valence-electron chi connectivity index (χ1n) is 6.65. The Labute approximate surface area is 160 Å². The van der Waals surface area contributed by atoms with E-state index in [0.29, 0.717) is 0 Å². The van der Waals surface area contributed by atoms with Gasteiger partial charge in [-0.3, -0.25) is 0 Å². The molecule has 0 aliphatic carbocycles. The maximum atomic E-state index is 12.1. The molecule has 11 heteroatoms. The van der Waals surface area contributed by atoms with Gasteiger partial charge in [-0.2, -0.15) is 0 Å². The maximum absolute atomic E-state index is 12.1. The molecule has 144 valence electrons. The first-order valence-corrected chi connectivity index (χ1v) is 10.3. The SMILES string of the molecule is CCO.CCO.CCO.F[C](F)(F)[GeH]([c-]1cccc1)[C](F)(F)F.[Hf]. The molecule has 0 saturated carbocycles. The van der Waals surface area contributed by atoms with Gasteiger partial charge in [-0.15, -0.1) is 0 Å². The van der Waals surface area contributed by atoms with Gasteiger partial charge in [-0.05, 0) is 20.8 Å². The van der Waals surface area contributed by atoms with E-state index in [2.05, 4.69) is 0 Å².